The maximum absolute atomic E-state index is 11.1. The lowest BCUT2D eigenvalue weighted by molar-refractivity contribution is -0.122. The van der Waals surface area contributed by atoms with Crippen LogP contribution in [0.4, 0.5) is 0 Å². The molecule has 0 fully saturated rings. The Balaban J connectivity index is 2.34. The van der Waals surface area contributed by atoms with Crippen LogP contribution in [-0.2, 0) is 11.3 Å². The average Bonchev–Trinajstić information content (AvgIpc) is 2.56. The minimum absolute atomic E-state index is 0.0668. The van der Waals surface area contributed by atoms with Gasteiger partial charge in [-0.15, -0.1) is 5.10 Å². The Hall–Kier alpha value is -1.50. The van der Waals surface area contributed by atoms with Crippen molar-refractivity contribution in [1.29, 1.82) is 0 Å². The quantitative estimate of drug-likeness (QED) is 0.575. The van der Waals surface area contributed by atoms with Crippen molar-refractivity contribution < 1.29 is 9.90 Å². The van der Waals surface area contributed by atoms with Crippen molar-refractivity contribution in [3.05, 3.63) is 6.33 Å². The molecule has 0 aromatic carbocycles. The first-order valence-corrected chi connectivity index (χ1v) is 3.83. The summed E-state index contributed by atoms with van der Waals surface area (Å²) in [5.74, 6) is -0.228. The molecule has 1 rings (SSSR count). The van der Waals surface area contributed by atoms with Crippen LogP contribution >= 0.6 is 0 Å². The molecule has 72 valence electrons. The van der Waals surface area contributed by atoms with E-state index >= 15 is 0 Å². The summed E-state index contributed by atoms with van der Waals surface area (Å²) in [6, 6.07) is -0.246. The molecule has 7 nitrogen and oxygen atoms in total. The van der Waals surface area contributed by atoms with Crippen molar-refractivity contribution in [2.45, 2.75) is 19.5 Å². The fourth-order valence-corrected chi connectivity index (χ4v) is 0.766. The Kier molecular flexibility index (Phi) is 3.32. The lowest BCUT2D eigenvalue weighted by Crippen LogP contribution is -2.37. The second-order valence-corrected chi connectivity index (χ2v) is 2.66. The second-order valence-electron chi connectivity index (χ2n) is 2.66. The number of nitrogens with one attached hydrogen (secondary N) is 1. The highest BCUT2D eigenvalue weighted by Crippen LogP contribution is 1.82. The summed E-state index contributed by atoms with van der Waals surface area (Å²) in [6.45, 7) is 1.69. The number of carbonyl (C=O) groups excluding carboxylic acids is 1. The van der Waals surface area contributed by atoms with E-state index in [0.717, 1.165) is 0 Å². The summed E-state index contributed by atoms with van der Waals surface area (Å²) >= 11 is 0. The summed E-state index contributed by atoms with van der Waals surface area (Å²) in [5, 5.41) is 21.5. The third kappa shape index (κ3) is 3.16. The zero-order valence-electron chi connectivity index (χ0n) is 7.21. The summed E-state index contributed by atoms with van der Waals surface area (Å²) in [6.07, 6.45) is 1.35. The summed E-state index contributed by atoms with van der Waals surface area (Å²) < 4.78 is 1.30. The first-order valence-electron chi connectivity index (χ1n) is 3.83. The molecule has 2 N–H and O–H groups in total. The fourth-order valence-electron chi connectivity index (χ4n) is 0.766. The molecule has 0 radical (unpaired) electrons. The Labute approximate surface area is 74.7 Å². The van der Waals surface area contributed by atoms with Gasteiger partial charge in [0.2, 0.25) is 5.91 Å². The number of tetrazole rings is 1. The van der Waals surface area contributed by atoms with Gasteiger partial charge in [-0.2, -0.15) is 0 Å². The maximum atomic E-state index is 11.1. The van der Waals surface area contributed by atoms with E-state index in [1.807, 2.05) is 0 Å². The molecular weight excluding hydrogens is 174 g/mol. The first kappa shape index (κ1) is 9.59. The third-order valence-electron chi connectivity index (χ3n) is 1.38. The predicted octanol–water partition coefficient (Wildman–Crippen LogP) is -1.83. The van der Waals surface area contributed by atoms with Gasteiger partial charge < -0.3 is 10.4 Å². The SMILES string of the molecule is C[C@@H](CO)NC(=O)Cn1cnnn1. The highest BCUT2D eigenvalue weighted by molar-refractivity contribution is 5.75. The summed E-state index contributed by atoms with van der Waals surface area (Å²) in [4.78, 5) is 11.1. The minimum atomic E-state index is -0.246. The second kappa shape index (κ2) is 4.51. The number of hydrogen-bond donors (Lipinski definition) is 2. The molecule has 0 unspecified atom stereocenters. The Morgan fingerprint density at radius 1 is 1.77 bits per heavy atom. The van der Waals surface area contributed by atoms with Crippen LogP contribution in [0.2, 0.25) is 0 Å². The molecule has 0 bridgehead atoms. The van der Waals surface area contributed by atoms with Crippen LogP contribution in [0.3, 0.4) is 0 Å². The van der Waals surface area contributed by atoms with E-state index in [0.29, 0.717) is 0 Å². The summed E-state index contributed by atoms with van der Waals surface area (Å²) in [5.41, 5.74) is 0. The van der Waals surface area contributed by atoms with Gasteiger partial charge in [0.25, 0.3) is 0 Å². The smallest absolute Gasteiger partial charge is 0.242 e. The van der Waals surface area contributed by atoms with Crippen LogP contribution in [0.25, 0.3) is 0 Å². The molecule has 0 saturated heterocycles. The van der Waals surface area contributed by atoms with E-state index in [9.17, 15) is 4.79 Å². The Morgan fingerprint density at radius 2 is 2.54 bits per heavy atom. The van der Waals surface area contributed by atoms with Gasteiger partial charge in [0.05, 0.1) is 6.61 Å². The Bertz CT molecular complexity index is 260. The van der Waals surface area contributed by atoms with Crippen LogP contribution in [-0.4, -0.2) is 43.9 Å². The summed E-state index contributed by atoms with van der Waals surface area (Å²) in [7, 11) is 0. The van der Waals surface area contributed by atoms with Gasteiger partial charge in [-0.1, -0.05) is 0 Å². The molecule has 1 atom stereocenters. The number of aliphatic hydroxyl groups is 1. The standard InChI is InChI=1S/C6H11N5O2/c1-5(3-12)8-6(13)2-11-4-7-9-10-11/h4-5,12H,2-3H2,1H3,(H,8,13)/t5-/m0/s1. The number of aliphatic hydroxyl groups excluding tert-OH is 1. The minimum Gasteiger partial charge on any atom is -0.394 e. The van der Waals surface area contributed by atoms with Gasteiger partial charge in [0, 0.05) is 6.04 Å². The number of aromatic nitrogens is 4. The lowest BCUT2D eigenvalue weighted by atomic mass is 10.3. The Morgan fingerprint density at radius 3 is 3.08 bits per heavy atom. The van der Waals surface area contributed by atoms with Gasteiger partial charge in [-0.05, 0) is 17.4 Å². The third-order valence-corrected chi connectivity index (χ3v) is 1.38. The molecule has 1 amide bonds. The maximum Gasteiger partial charge on any atom is 0.242 e. The average molecular weight is 185 g/mol. The molecule has 0 spiro atoms. The van der Waals surface area contributed by atoms with Gasteiger partial charge in [-0.25, -0.2) is 4.68 Å². The van der Waals surface area contributed by atoms with Crippen LogP contribution < -0.4 is 5.32 Å². The van der Waals surface area contributed by atoms with Crippen molar-refractivity contribution in [2.24, 2.45) is 0 Å². The molecule has 0 aliphatic heterocycles. The molecule has 0 aliphatic rings. The zero-order valence-corrected chi connectivity index (χ0v) is 7.21. The fraction of sp³-hybridized carbons (Fsp3) is 0.667. The van der Waals surface area contributed by atoms with Crippen LogP contribution in [0.5, 0.6) is 0 Å². The number of carbonyl (C=O) groups is 1. The normalized spacial score (nSPS) is 12.5. The monoisotopic (exact) mass is 185 g/mol. The van der Waals surface area contributed by atoms with Crippen LogP contribution in [0.15, 0.2) is 6.33 Å². The molecule has 0 saturated carbocycles. The molecule has 1 aromatic heterocycles. The van der Waals surface area contributed by atoms with E-state index in [4.69, 9.17) is 5.11 Å². The van der Waals surface area contributed by atoms with Crippen LogP contribution in [0.1, 0.15) is 6.92 Å². The number of amides is 1. The molecule has 1 heterocycles. The van der Waals surface area contributed by atoms with E-state index in [1.54, 1.807) is 6.92 Å². The van der Waals surface area contributed by atoms with Crippen molar-refractivity contribution in [2.75, 3.05) is 6.61 Å². The molecular formula is C6H11N5O2. The highest BCUT2D eigenvalue weighted by atomic mass is 16.3. The first-order chi connectivity index (χ1) is 6.22. The van der Waals surface area contributed by atoms with Crippen molar-refractivity contribution >= 4 is 5.91 Å². The predicted molar refractivity (Wildman–Crippen MR) is 42.5 cm³/mol. The van der Waals surface area contributed by atoms with E-state index in [2.05, 4.69) is 20.8 Å². The molecule has 1 aromatic rings. The largest absolute Gasteiger partial charge is 0.394 e. The molecule has 7 heteroatoms. The van der Waals surface area contributed by atoms with Crippen LogP contribution in [0, 0.1) is 0 Å². The molecule has 13 heavy (non-hydrogen) atoms. The zero-order chi connectivity index (χ0) is 9.68. The van der Waals surface area contributed by atoms with E-state index in [-0.39, 0.29) is 25.1 Å². The van der Waals surface area contributed by atoms with Crippen molar-refractivity contribution in [3.8, 4) is 0 Å². The lowest BCUT2D eigenvalue weighted by Gasteiger charge is -2.09. The van der Waals surface area contributed by atoms with Gasteiger partial charge in [-0.3, -0.25) is 4.79 Å². The highest BCUT2D eigenvalue weighted by Gasteiger charge is 2.06. The van der Waals surface area contributed by atoms with Crippen molar-refractivity contribution in [1.82, 2.24) is 25.5 Å². The topological polar surface area (TPSA) is 92.9 Å². The number of nitrogens with zero attached hydrogens (tertiary/aromatic N) is 4. The van der Waals surface area contributed by atoms with E-state index in [1.165, 1.54) is 11.0 Å². The number of hydrogen-bond acceptors (Lipinski definition) is 5. The number of rotatable bonds is 4. The van der Waals surface area contributed by atoms with Crippen molar-refractivity contribution in [3.63, 3.8) is 0 Å². The van der Waals surface area contributed by atoms with Gasteiger partial charge >= 0.3 is 0 Å². The van der Waals surface area contributed by atoms with E-state index < -0.39 is 0 Å². The van der Waals surface area contributed by atoms with Gasteiger partial charge in [0.1, 0.15) is 12.9 Å². The van der Waals surface area contributed by atoms with Gasteiger partial charge in [0.15, 0.2) is 0 Å². The molecule has 0 aliphatic carbocycles.